The van der Waals surface area contributed by atoms with Gasteiger partial charge in [-0.25, -0.2) is 4.98 Å². The predicted octanol–water partition coefficient (Wildman–Crippen LogP) is 12.8. The molecule has 5 heteroatoms. The molecule has 0 radical (unpaired) electrons. The van der Waals surface area contributed by atoms with Crippen molar-refractivity contribution in [2.45, 2.75) is 0 Å². The normalized spacial score (nSPS) is 11.9. The molecule has 0 N–H and O–H groups in total. The highest BCUT2D eigenvalue weighted by Gasteiger charge is 2.22. The minimum Gasteiger partial charge on any atom is -0.309 e. The van der Waals surface area contributed by atoms with E-state index in [0.717, 1.165) is 44.2 Å². The number of hydrogen-bond acceptors (Lipinski definition) is 3. The molecule has 0 atom stereocenters. The number of para-hydroxylation sites is 2. The minimum atomic E-state index is 0.585. The molecule has 0 aliphatic carbocycles. The summed E-state index contributed by atoms with van der Waals surface area (Å²) >= 11 is 0. The third-order valence-electron chi connectivity index (χ3n) is 11.3. The highest BCUT2D eigenvalue weighted by atomic mass is 15.2. The van der Waals surface area contributed by atoms with Crippen molar-refractivity contribution in [3.05, 3.63) is 188 Å². The van der Waals surface area contributed by atoms with Gasteiger partial charge in [0.15, 0.2) is 11.6 Å². The first-order chi connectivity index (χ1) is 27.8. The summed E-state index contributed by atoms with van der Waals surface area (Å²) in [5, 5.41) is 9.99. The highest BCUT2D eigenvalue weighted by Crippen LogP contribution is 2.46. The molecular weight excluding hydrogens is 683 g/mol. The van der Waals surface area contributed by atoms with E-state index in [1.165, 1.54) is 48.9 Å². The number of nitrogens with zero attached hydrogens (tertiary/aromatic N) is 5. The summed E-state index contributed by atoms with van der Waals surface area (Å²) in [4.78, 5) is 15.2. The average Bonchev–Trinajstić information content (AvgIpc) is 3.79. The molecule has 12 rings (SSSR count). The summed E-state index contributed by atoms with van der Waals surface area (Å²) in [5.41, 5.74) is 9.86. The Hall–Kier alpha value is -7.63. The van der Waals surface area contributed by atoms with Crippen molar-refractivity contribution in [2.24, 2.45) is 0 Å². The van der Waals surface area contributed by atoms with E-state index in [4.69, 9.17) is 15.0 Å². The smallest absolute Gasteiger partial charge is 0.238 e. The molecule has 0 saturated heterocycles. The largest absolute Gasteiger partial charge is 0.309 e. The van der Waals surface area contributed by atoms with Crippen LogP contribution in [0, 0.1) is 0 Å². The summed E-state index contributed by atoms with van der Waals surface area (Å²) in [5.74, 6) is 1.86. The molecular formula is C51H31N5. The quantitative estimate of drug-likeness (QED) is 0.167. The molecule has 3 aromatic heterocycles. The van der Waals surface area contributed by atoms with Crippen molar-refractivity contribution in [2.75, 3.05) is 0 Å². The van der Waals surface area contributed by atoms with E-state index in [0.29, 0.717) is 17.6 Å². The molecule has 12 aromatic rings. The molecule has 0 aliphatic rings. The fraction of sp³-hybridized carbons (Fsp3) is 0. The second-order valence-electron chi connectivity index (χ2n) is 14.4. The van der Waals surface area contributed by atoms with Crippen LogP contribution in [0.1, 0.15) is 0 Å². The Bertz CT molecular complexity index is 3400. The number of rotatable bonds is 5. The first-order valence-electron chi connectivity index (χ1n) is 19.0. The molecule has 0 amide bonds. The summed E-state index contributed by atoms with van der Waals surface area (Å²) in [6, 6.07) is 66.8. The molecule has 0 aliphatic heterocycles. The van der Waals surface area contributed by atoms with Gasteiger partial charge in [0, 0.05) is 38.4 Å². The number of fused-ring (bicyclic) bond motifs is 6. The molecule has 0 saturated carbocycles. The van der Waals surface area contributed by atoms with Crippen LogP contribution in [0.5, 0.6) is 0 Å². The van der Waals surface area contributed by atoms with E-state index in [-0.39, 0.29) is 0 Å². The fourth-order valence-corrected chi connectivity index (χ4v) is 8.86. The van der Waals surface area contributed by atoms with Crippen LogP contribution in [-0.4, -0.2) is 24.1 Å². The lowest BCUT2D eigenvalue weighted by molar-refractivity contribution is 0.953. The first kappa shape index (κ1) is 30.8. The van der Waals surface area contributed by atoms with Crippen LogP contribution in [0.4, 0.5) is 0 Å². The third kappa shape index (κ3) is 4.52. The average molecular weight is 714 g/mol. The number of benzene rings is 9. The lowest BCUT2D eigenvalue weighted by Crippen LogP contribution is -2.06. The maximum Gasteiger partial charge on any atom is 0.238 e. The van der Waals surface area contributed by atoms with E-state index in [2.05, 4.69) is 137 Å². The van der Waals surface area contributed by atoms with Crippen LogP contribution in [-0.2, 0) is 0 Å². The van der Waals surface area contributed by atoms with E-state index in [1.54, 1.807) is 0 Å². The van der Waals surface area contributed by atoms with Crippen LogP contribution in [0.2, 0.25) is 0 Å². The van der Waals surface area contributed by atoms with Gasteiger partial charge in [-0.05, 0) is 81.2 Å². The molecule has 5 nitrogen and oxygen atoms in total. The summed E-state index contributed by atoms with van der Waals surface area (Å²) in [7, 11) is 0. The summed E-state index contributed by atoms with van der Waals surface area (Å²) in [6.07, 6.45) is 0. The van der Waals surface area contributed by atoms with Gasteiger partial charge in [-0.2, -0.15) is 9.97 Å². The molecule has 0 bridgehead atoms. The monoisotopic (exact) mass is 713 g/mol. The molecule has 0 fully saturated rings. The van der Waals surface area contributed by atoms with Gasteiger partial charge in [-0.1, -0.05) is 140 Å². The lowest BCUT2D eigenvalue weighted by Gasteiger charge is -2.12. The molecule has 3 heterocycles. The van der Waals surface area contributed by atoms with Crippen LogP contribution >= 0.6 is 0 Å². The second kappa shape index (κ2) is 11.9. The van der Waals surface area contributed by atoms with Crippen molar-refractivity contribution in [3.63, 3.8) is 0 Å². The molecule has 260 valence electrons. The van der Waals surface area contributed by atoms with Gasteiger partial charge < -0.3 is 4.57 Å². The maximum atomic E-state index is 5.13. The Morgan fingerprint density at radius 1 is 0.286 bits per heavy atom. The number of hydrogen-bond donors (Lipinski definition) is 0. The van der Waals surface area contributed by atoms with Crippen LogP contribution in [0.15, 0.2) is 188 Å². The Morgan fingerprint density at radius 3 is 1.54 bits per heavy atom. The minimum absolute atomic E-state index is 0.585. The van der Waals surface area contributed by atoms with Crippen molar-refractivity contribution in [1.82, 2.24) is 24.1 Å². The topological polar surface area (TPSA) is 48.5 Å². The van der Waals surface area contributed by atoms with Gasteiger partial charge in [-0.15, -0.1) is 0 Å². The van der Waals surface area contributed by atoms with E-state index >= 15 is 0 Å². The maximum absolute atomic E-state index is 5.13. The standard InChI is InChI=1S/C51H31N5/c1-4-15-32(16-5-1)49-52-50(33-17-6-2-7-18-33)54-51(53-49)56-43-25-13-12-23-39(43)41-29-34(27-28-44(41)56)35-30-42-38-22-11-10-21-37(38)40-24-14-26-45-47(40)48(42)46(31-35)55(45)36-19-8-3-9-20-36/h1-31H. The predicted molar refractivity (Wildman–Crippen MR) is 231 cm³/mol. The zero-order chi connectivity index (χ0) is 36.7. The zero-order valence-corrected chi connectivity index (χ0v) is 30.1. The van der Waals surface area contributed by atoms with Crippen molar-refractivity contribution in [3.8, 4) is 45.5 Å². The van der Waals surface area contributed by atoms with E-state index < -0.39 is 0 Å². The van der Waals surface area contributed by atoms with Crippen LogP contribution in [0.3, 0.4) is 0 Å². The van der Waals surface area contributed by atoms with Crippen LogP contribution in [0.25, 0.3) is 111 Å². The van der Waals surface area contributed by atoms with Gasteiger partial charge >= 0.3 is 0 Å². The van der Waals surface area contributed by atoms with E-state index in [9.17, 15) is 0 Å². The summed E-state index contributed by atoms with van der Waals surface area (Å²) < 4.78 is 4.62. The Balaban J connectivity index is 1.13. The fourth-order valence-electron chi connectivity index (χ4n) is 8.86. The van der Waals surface area contributed by atoms with Gasteiger partial charge in [0.05, 0.1) is 22.1 Å². The van der Waals surface area contributed by atoms with E-state index in [1.807, 2.05) is 60.7 Å². The second-order valence-corrected chi connectivity index (χ2v) is 14.4. The highest BCUT2D eigenvalue weighted by molar-refractivity contribution is 6.35. The molecule has 0 unspecified atom stereocenters. The van der Waals surface area contributed by atoms with Crippen molar-refractivity contribution < 1.29 is 0 Å². The third-order valence-corrected chi connectivity index (χ3v) is 11.3. The van der Waals surface area contributed by atoms with Crippen molar-refractivity contribution in [1.29, 1.82) is 0 Å². The molecule has 9 aromatic carbocycles. The van der Waals surface area contributed by atoms with Crippen molar-refractivity contribution >= 4 is 65.2 Å². The van der Waals surface area contributed by atoms with Gasteiger partial charge in [-0.3, -0.25) is 4.57 Å². The lowest BCUT2D eigenvalue weighted by atomic mass is 9.92. The van der Waals surface area contributed by atoms with Gasteiger partial charge in [0.25, 0.3) is 0 Å². The van der Waals surface area contributed by atoms with Crippen LogP contribution < -0.4 is 0 Å². The Labute approximate surface area is 321 Å². The Kier molecular flexibility index (Phi) is 6.56. The zero-order valence-electron chi connectivity index (χ0n) is 30.1. The molecule has 56 heavy (non-hydrogen) atoms. The first-order valence-corrected chi connectivity index (χ1v) is 19.0. The molecule has 0 spiro atoms. The van der Waals surface area contributed by atoms with Gasteiger partial charge in [0.1, 0.15) is 0 Å². The summed E-state index contributed by atoms with van der Waals surface area (Å²) in [6.45, 7) is 0. The SMILES string of the molecule is c1ccc(-c2nc(-c3ccccc3)nc(-n3c4ccccc4c4cc(-c5cc6c7ccccc7c7cccc8c7c6c(c5)n8-c5ccccc5)ccc43)n2)cc1. The van der Waals surface area contributed by atoms with Gasteiger partial charge in [0.2, 0.25) is 5.95 Å². The number of aromatic nitrogens is 5. The Morgan fingerprint density at radius 2 is 0.821 bits per heavy atom.